The van der Waals surface area contributed by atoms with Gasteiger partial charge in [-0.3, -0.25) is 9.36 Å². The maximum absolute atomic E-state index is 13.8. The van der Waals surface area contributed by atoms with E-state index in [1.807, 2.05) is 91.1 Å². The largest absolute Gasteiger partial charge is 0.463 e. The minimum Gasteiger partial charge on any atom is -0.463 e. The Hall–Kier alpha value is -3.27. The zero-order valence-electron chi connectivity index (χ0n) is 20.5. The van der Waals surface area contributed by atoms with Crippen molar-refractivity contribution in [3.63, 3.8) is 0 Å². The van der Waals surface area contributed by atoms with Gasteiger partial charge in [0.15, 0.2) is 4.80 Å². The smallest absolute Gasteiger partial charge is 0.338 e. The summed E-state index contributed by atoms with van der Waals surface area (Å²) in [4.78, 5) is 35.5. The normalized spacial score (nSPS) is 15.4. The van der Waals surface area contributed by atoms with Crippen LogP contribution in [-0.4, -0.2) is 31.2 Å². The second-order valence-corrected chi connectivity index (χ2v) is 11.4. The van der Waals surface area contributed by atoms with Crippen molar-refractivity contribution < 1.29 is 9.53 Å². The predicted octanol–water partition coefficient (Wildman–Crippen LogP) is 4.83. The van der Waals surface area contributed by atoms with Gasteiger partial charge in [-0.05, 0) is 58.1 Å². The Bertz CT molecular complexity index is 1670. The van der Waals surface area contributed by atoms with Crippen LogP contribution in [0.2, 0.25) is 0 Å². The molecule has 0 aliphatic carbocycles. The van der Waals surface area contributed by atoms with Crippen molar-refractivity contribution >= 4 is 62.0 Å². The molecule has 3 heterocycles. The lowest BCUT2D eigenvalue weighted by molar-refractivity contribution is -0.138. The van der Waals surface area contributed by atoms with Crippen LogP contribution in [0.4, 0.5) is 5.69 Å². The van der Waals surface area contributed by atoms with Crippen molar-refractivity contribution in [1.82, 2.24) is 4.57 Å². The molecule has 0 saturated carbocycles. The summed E-state index contributed by atoms with van der Waals surface area (Å²) in [5.74, 6) is -0.471. The van der Waals surface area contributed by atoms with Crippen LogP contribution in [0, 0.1) is 0 Å². The number of esters is 1. The molecule has 0 unspecified atom stereocenters. The van der Waals surface area contributed by atoms with Gasteiger partial charge in [-0.25, -0.2) is 9.79 Å². The summed E-state index contributed by atoms with van der Waals surface area (Å²) in [5.41, 5.74) is 3.44. The van der Waals surface area contributed by atoms with Gasteiger partial charge in [0.05, 0.1) is 28.1 Å². The van der Waals surface area contributed by atoms with E-state index in [0.717, 1.165) is 26.2 Å². The first-order valence-corrected chi connectivity index (χ1v) is 14.2. The molecule has 5 rings (SSSR count). The zero-order chi connectivity index (χ0) is 26.1. The number of thiophene rings is 1. The van der Waals surface area contributed by atoms with Gasteiger partial charge in [-0.15, -0.1) is 11.3 Å². The van der Waals surface area contributed by atoms with Gasteiger partial charge in [-0.2, -0.15) is 0 Å². The average Bonchev–Trinajstić information content (AvgIpc) is 3.52. The van der Waals surface area contributed by atoms with Crippen LogP contribution in [0.15, 0.2) is 85.9 Å². The number of halogens is 1. The first kappa shape index (κ1) is 25.4. The summed E-state index contributed by atoms with van der Waals surface area (Å²) < 4.78 is 8.59. The second-order valence-electron chi connectivity index (χ2n) is 8.55. The lowest BCUT2D eigenvalue weighted by Crippen LogP contribution is -2.39. The predicted molar refractivity (Wildman–Crippen MR) is 154 cm³/mol. The van der Waals surface area contributed by atoms with E-state index in [4.69, 9.17) is 9.73 Å². The van der Waals surface area contributed by atoms with E-state index >= 15 is 0 Å². The number of carbonyl (C=O) groups is 1. The number of benzene rings is 2. The van der Waals surface area contributed by atoms with Gasteiger partial charge in [0.1, 0.15) is 6.04 Å². The number of nitrogens with zero attached hydrogens (tertiary/aromatic N) is 3. The number of anilines is 1. The summed E-state index contributed by atoms with van der Waals surface area (Å²) >= 11 is 6.45. The molecule has 9 heteroatoms. The maximum Gasteiger partial charge on any atom is 0.338 e. The number of ether oxygens (including phenoxy) is 1. The van der Waals surface area contributed by atoms with Crippen LogP contribution < -0.4 is 19.8 Å². The number of hydrogen-bond acceptors (Lipinski definition) is 7. The highest BCUT2D eigenvalue weighted by Gasteiger charge is 2.35. The van der Waals surface area contributed by atoms with Crippen LogP contribution in [0.3, 0.4) is 0 Å². The molecule has 2 aromatic carbocycles. The number of hydrogen-bond donors (Lipinski definition) is 0. The molecular formula is C28H24BrN3O3S2. The van der Waals surface area contributed by atoms with Crippen molar-refractivity contribution in [2.24, 2.45) is 4.99 Å². The van der Waals surface area contributed by atoms with Crippen molar-refractivity contribution in [2.45, 2.75) is 13.0 Å². The molecule has 2 aromatic heterocycles. The van der Waals surface area contributed by atoms with Crippen molar-refractivity contribution in [2.75, 3.05) is 25.6 Å². The van der Waals surface area contributed by atoms with Crippen molar-refractivity contribution in [3.05, 3.63) is 112 Å². The molecule has 0 radical (unpaired) electrons. The fourth-order valence-electron chi connectivity index (χ4n) is 4.28. The van der Waals surface area contributed by atoms with E-state index in [1.165, 1.54) is 22.7 Å². The minimum atomic E-state index is -0.629. The lowest BCUT2D eigenvalue weighted by Gasteiger charge is -2.24. The van der Waals surface area contributed by atoms with Gasteiger partial charge in [0.2, 0.25) is 0 Å². The Morgan fingerprint density at radius 1 is 1.16 bits per heavy atom. The van der Waals surface area contributed by atoms with Crippen molar-refractivity contribution in [3.8, 4) is 0 Å². The molecule has 0 saturated heterocycles. The number of fused-ring (bicyclic) bond motifs is 1. The highest BCUT2D eigenvalue weighted by Crippen LogP contribution is 2.36. The third-order valence-corrected chi connectivity index (χ3v) is 8.48. The molecule has 0 spiro atoms. The minimum absolute atomic E-state index is 0.191. The van der Waals surface area contributed by atoms with Gasteiger partial charge in [0, 0.05) is 29.0 Å². The summed E-state index contributed by atoms with van der Waals surface area (Å²) in [6, 6.07) is 18.8. The highest BCUT2D eigenvalue weighted by molar-refractivity contribution is 9.10. The van der Waals surface area contributed by atoms with Crippen LogP contribution in [0.5, 0.6) is 0 Å². The van der Waals surface area contributed by atoms with Crippen LogP contribution in [-0.2, 0) is 9.53 Å². The monoisotopic (exact) mass is 593 g/mol. The molecular weight excluding hydrogens is 570 g/mol. The van der Waals surface area contributed by atoms with E-state index in [2.05, 4.69) is 15.9 Å². The molecule has 37 heavy (non-hydrogen) atoms. The third kappa shape index (κ3) is 4.86. The van der Waals surface area contributed by atoms with E-state index in [0.29, 0.717) is 20.6 Å². The van der Waals surface area contributed by atoms with Gasteiger partial charge in [-0.1, -0.05) is 53.8 Å². The maximum atomic E-state index is 13.8. The fraction of sp³-hybridized carbons (Fsp3) is 0.179. The topological polar surface area (TPSA) is 63.9 Å². The zero-order valence-corrected chi connectivity index (χ0v) is 23.7. The lowest BCUT2D eigenvalue weighted by atomic mass is 9.97. The van der Waals surface area contributed by atoms with Crippen LogP contribution >= 0.6 is 38.6 Å². The van der Waals surface area contributed by atoms with E-state index in [9.17, 15) is 9.59 Å². The Morgan fingerprint density at radius 2 is 1.95 bits per heavy atom. The van der Waals surface area contributed by atoms with E-state index in [1.54, 1.807) is 11.5 Å². The molecule has 6 nitrogen and oxygen atoms in total. The standard InChI is InChI=1S/C28H24BrN3O3S2/c1-4-35-27(34)23-24(18-9-6-5-7-10-18)30-28-32(25(23)21-11-8-14-36-21)26(33)22(37-28)16-17-12-13-20(31(2)3)19(29)15-17/h5-16,25H,4H2,1-3H3/b22-16-/t25-/m1/s1. The van der Waals surface area contributed by atoms with Crippen LogP contribution in [0.1, 0.15) is 29.0 Å². The van der Waals surface area contributed by atoms with E-state index < -0.39 is 12.0 Å². The Morgan fingerprint density at radius 3 is 2.59 bits per heavy atom. The SMILES string of the molecule is CCOC(=O)C1=C(c2ccccc2)N=c2s/c(=C\c3ccc(N(C)C)c(Br)c3)c(=O)n2[C@@H]1c1cccs1. The average molecular weight is 595 g/mol. The number of thiazole rings is 1. The summed E-state index contributed by atoms with van der Waals surface area (Å²) in [6.45, 7) is 2.00. The molecule has 188 valence electrons. The first-order valence-electron chi connectivity index (χ1n) is 11.7. The molecule has 1 aliphatic heterocycles. The molecule has 1 aliphatic rings. The fourth-order valence-corrected chi connectivity index (χ4v) is 6.86. The summed E-state index contributed by atoms with van der Waals surface area (Å²) in [6.07, 6.45) is 1.87. The van der Waals surface area contributed by atoms with Gasteiger partial charge >= 0.3 is 5.97 Å². The molecule has 0 fully saturated rings. The van der Waals surface area contributed by atoms with E-state index in [-0.39, 0.29) is 12.2 Å². The quantitative estimate of drug-likeness (QED) is 0.301. The number of carbonyl (C=O) groups excluding carboxylic acids is 1. The molecule has 0 amide bonds. The molecule has 0 N–H and O–H groups in total. The molecule has 0 bridgehead atoms. The van der Waals surface area contributed by atoms with Crippen molar-refractivity contribution in [1.29, 1.82) is 0 Å². The second kappa shape index (κ2) is 10.6. The third-order valence-electron chi connectivity index (χ3n) is 5.94. The number of aromatic nitrogens is 1. The summed E-state index contributed by atoms with van der Waals surface area (Å²) in [5, 5.41) is 1.94. The molecule has 1 atom stereocenters. The summed E-state index contributed by atoms with van der Waals surface area (Å²) in [7, 11) is 3.96. The van der Waals surface area contributed by atoms with Crippen LogP contribution in [0.25, 0.3) is 11.8 Å². The Kier molecular flexibility index (Phi) is 7.28. The Balaban J connectivity index is 1.76. The molecule has 4 aromatic rings. The first-order chi connectivity index (χ1) is 17.9. The van der Waals surface area contributed by atoms with Gasteiger partial charge in [0.25, 0.3) is 5.56 Å². The number of rotatable bonds is 6. The van der Waals surface area contributed by atoms with Gasteiger partial charge < -0.3 is 9.64 Å². The Labute approximate surface area is 230 Å². The highest BCUT2D eigenvalue weighted by atomic mass is 79.9.